The van der Waals surface area contributed by atoms with Crippen LogP contribution in [0.5, 0.6) is 0 Å². The van der Waals surface area contributed by atoms with Crippen molar-refractivity contribution in [3.05, 3.63) is 0 Å². The molecule has 0 aliphatic carbocycles. The van der Waals surface area contributed by atoms with Crippen molar-refractivity contribution < 1.29 is 19.3 Å². The highest BCUT2D eigenvalue weighted by molar-refractivity contribution is 6.23. The molecule has 0 spiro atoms. The SMILES string of the molecule is CC1=NN(CCCO)C2=[N+](C1)C1C(=O)N(CCC(C)C)C(=O)N(C)C1=N2. The lowest BCUT2D eigenvalue weighted by Gasteiger charge is -2.34. The van der Waals surface area contributed by atoms with Crippen molar-refractivity contribution in [2.75, 3.05) is 33.3 Å². The second-order valence-electron chi connectivity index (χ2n) is 7.35. The van der Waals surface area contributed by atoms with Crippen LogP contribution in [0.25, 0.3) is 0 Å². The molecule has 3 amide bonds. The Morgan fingerprint density at radius 2 is 2.04 bits per heavy atom. The molecular weight excluding hydrogens is 336 g/mol. The number of fused-ring (bicyclic) bond motifs is 2. The minimum Gasteiger partial charge on any atom is -0.396 e. The molecule has 0 radical (unpaired) electrons. The smallest absolute Gasteiger partial charge is 0.396 e. The van der Waals surface area contributed by atoms with E-state index >= 15 is 0 Å². The number of nitrogens with zero attached hydrogens (tertiary/aromatic N) is 6. The Morgan fingerprint density at radius 1 is 1.31 bits per heavy atom. The van der Waals surface area contributed by atoms with Crippen LogP contribution >= 0.6 is 0 Å². The Hall–Kier alpha value is -2.29. The number of hydrazone groups is 1. The van der Waals surface area contributed by atoms with Crippen LogP contribution in [0.1, 0.15) is 33.6 Å². The van der Waals surface area contributed by atoms with E-state index in [4.69, 9.17) is 5.11 Å². The number of guanidine groups is 1. The fraction of sp³-hybridized carbons (Fsp3) is 0.706. The van der Waals surface area contributed by atoms with Crippen LogP contribution in [0.3, 0.4) is 0 Å². The first kappa shape index (κ1) is 18.5. The van der Waals surface area contributed by atoms with Crippen LogP contribution in [0.2, 0.25) is 0 Å². The highest BCUT2D eigenvalue weighted by Gasteiger charge is 2.54. The summed E-state index contributed by atoms with van der Waals surface area (Å²) in [5.41, 5.74) is 0.865. The van der Waals surface area contributed by atoms with Crippen LogP contribution in [0.15, 0.2) is 10.1 Å². The third-order valence-electron chi connectivity index (χ3n) is 4.77. The van der Waals surface area contributed by atoms with E-state index in [2.05, 4.69) is 23.9 Å². The Kier molecular flexibility index (Phi) is 5.08. The number of urea groups is 1. The summed E-state index contributed by atoms with van der Waals surface area (Å²) in [6.45, 7) is 7.51. The second-order valence-corrected chi connectivity index (χ2v) is 7.35. The van der Waals surface area contributed by atoms with Gasteiger partial charge in [0.1, 0.15) is 6.54 Å². The topological polar surface area (TPSA) is 91.8 Å². The molecule has 0 aromatic carbocycles. The Balaban J connectivity index is 1.91. The van der Waals surface area contributed by atoms with Gasteiger partial charge in [0.25, 0.3) is 5.91 Å². The van der Waals surface area contributed by atoms with Gasteiger partial charge in [0.2, 0.25) is 11.9 Å². The van der Waals surface area contributed by atoms with E-state index in [0.717, 1.165) is 12.1 Å². The summed E-state index contributed by atoms with van der Waals surface area (Å²) in [7, 11) is 1.66. The molecule has 1 saturated heterocycles. The van der Waals surface area contributed by atoms with Gasteiger partial charge in [0.05, 0.1) is 12.3 Å². The van der Waals surface area contributed by atoms with Gasteiger partial charge >= 0.3 is 12.0 Å². The summed E-state index contributed by atoms with van der Waals surface area (Å²) in [6, 6.07) is -0.924. The van der Waals surface area contributed by atoms with Crippen LogP contribution in [0.4, 0.5) is 4.79 Å². The number of hydrogen-bond acceptors (Lipinski definition) is 6. The number of rotatable bonds is 6. The first-order chi connectivity index (χ1) is 12.3. The molecule has 142 valence electrons. The number of hydrogen-bond donors (Lipinski definition) is 1. The molecule has 3 aliphatic rings. The summed E-state index contributed by atoms with van der Waals surface area (Å²) in [5.74, 6) is 1.21. The monoisotopic (exact) mass is 363 g/mol. The third-order valence-corrected chi connectivity index (χ3v) is 4.77. The molecule has 0 aromatic rings. The van der Waals surface area contributed by atoms with Crippen molar-refractivity contribution in [2.45, 2.75) is 39.7 Å². The molecule has 3 aliphatic heterocycles. The number of aliphatic imine (C=N–C) groups is 1. The van der Waals surface area contributed by atoms with Crippen LogP contribution in [-0.2, 0) is 4.79 Å². The third kappa shape index (κ3) is 3.11. The fourth-order valence-electron chi connectivity index (χ4n) is 3.37. The predicted molar refractivity (Wildman–Crippen MR) is 97.2 cm³/mol. The molecule has 0 saturated carbocycles. The zero-order valence-electron chi connectivity index (χ0n) is 15.8. The zero-order chi connectivity index (χ0) is 19.0. The second kappa shape index (κ2) is 7.14. The van der Waals surface area contributed by atoms with Crippen LogP contribution < -0.4 is 0 Å². The minimum absolute atomic E-state index is 0.0542. The van der Waals surface area contributed by atoms with E-state index in [1.807, 2.05) is 11.5 Å². The molecule has 9 nitrogen and oxygen atoms in total. The maximum atomic E-state index is 13.1. The summed E-state index contributed by atoms with van der Waals surface area (Å²) in [5, 5.41) is 15.3. The van der Waals surface area contributed by atoms with Crippen LogP contribution in [0, 0.1) is 5.92 Å². The fourth-order valence-corrected chi connectivity index (χ4v) is 3.37. The lowest BCUT2D eigenvalue weighted by atomic mass is 10.1. The van der Waals surface area contributed by atoms with Crippen molar-refractivity contribution in [3.63, 3.8) is 0 Å². The van der Waals surface area contributed by atoms with Gasteiger partial charge in [-0.2, -0.15) is 0 Å². The molecular formula is C17H27N6O3+. The first-order valence-electron chi connectivity index (χ1n) is 9.08. The van der Waals surface area contributed by atoms with Gasteiger partial charge < -0.3 is 5.11 Å². The number of amidine groups is 1. The highest BCUT2D eigenvalue weighted by Crippen LogP contribution is 2.23. The summed E-state index contributed by atoms with van der Waals surface area (Å²) >= 11 is 0. The molecule has 1 N–H and O–H groups in total. The summed E-state index contributed by atoms with van der Waals surface area (Å²) < 4.78 is 1.91. The Labute approximate surface area is 153 Å². The zero-order valence-corrected chi connectivity index (χ0v) is 15.8. The van der Waals surface area contributed by atoms with Crippen molar-refractivity contribution in [2.24, 2.45) is 16.0 Å². The number of imide groups is 1. The first-order valence-corrected chi connectivity index (χ1v) is 9.08. The Bertz CT molecular complexity index is 711. The largest absolute Gasteiger partial charge is 0.416 e. The summed E-state index contributed by atoms with van der Waals surface area (Å²) in [4.78, 5) is 33.1. The Morgan fingerprint density at radius 3 is 2.69 bits per heavy atom. The minimum atomic E-state index is -0.595. The van der Waals surface area contributed by atoms with Crippen LogP contribution in [-0.4, -0.2) is 93.3 Å². The molecule has 0 bridgehead atoms. The number of aliphatic hydroxyl groups excluding tert-OH is 1. The number of amides is 3. The van der Waals surface area contributed by atoms with Crippen molar-refractivity contribution >= 4 is 29.4 Å². The maximum Gasteiger partial charge on any atom is 0.416 e. The van der Waals surface area contributed by atoms with E-state index in [-0.39, 0.29) is 18.5 Å². The molecule has 3 heterocycles. The van der Waals surface area contributed by atoms with E-state index < -0.39 is 6.04 Å². The van der Waals surface area contributed by atoms with Gasteiger partial charge in [0.15, 0.2) is 0 Å². The average molecular weight is 363 g/mol. The molecule has 0 aromatic heterocycles. The molecule has 3 rings (SSSR count). The quantitative estimate of drug-likeness (QED) is 0.680. The van der Waals surface area contributed by atoms with E-state index in [9.17, 15) is 9.59 Å². The predicted octanol–water partition coefficient (Wildman–Crippen LogP) is 0.150. The lowest BCUT2D eigenvalue weighted by Crippen LogP contribution is -2.63. The van der Waals surface area contributed by atoms with Gasteiger partial charge in [-0.15, -0.1) is 10.1 Å². The van der Waals surface area contributed by atoms with E-state index in [1.165, 1.54) is 9.80 Å². The average Bonchev–Trinajstić information content (AvgIpc) is 2.97. The molecule has 9 heteroatoms. The summed E-state index contributed by atoms with van der Waals surface area (Å²) in [6.07, 6.45) is 1.32. The van der Waals surface area contributed by atoms with Gasteiger partial charge in [-0.1, -0.05) is 18.8 Å². The molecule has 1 unspecified atom stereocenters. The molecule has 1 fully saturated rings. The van der Waals surface area contributed by atoms with Crippen molar-refractivity contribution in [1.29, 1.82) is 0 Å². The van der Waals surface area contributed by atoms with Crippen molar-refractivity contribution in [3.8, 4) is 0 Å². The van der Waals surface area contributed by atoms with Gasteiger partial charge in [-0.25, -0.2) is 9.37 Å². The van der Waals surface area contributed by atoms with Gasteiger partial charge in [-0.3, -0.25) is 14.6 Å². The maximum absolute atomic E-state index is 13.1. The van der Waals surface area contributed by atoms with Crippen molar-refractivity contribution in [1.82, 2.24) is 14.8 Å². The van der Waals surface area contributed by atoms with E-state index in [1.54, 1.807) is 12.1 Å². The highest BCUT2D eigenvalue weighted by atomic mass is 16.3. The molecule has 1 atom stereocenters. The van der Waals surface area contributed by atoms with Gasteiger partial charge in [0, 0.05) is 26.6 Å². The number of carbonyl (C=O) groups excluding carboxylic acids is 2. The number of likely N-dealkylation sites (N-methyl/N-ethyl adjacent to an activating group) is 1. The number of carbonyl (C=O) groups is 2. The lowest BCUT2D eigenvalue weighted by molar-refractivity contribution is -0.527. The van der Waals surface area contributed by atoms with Gasteiger partial charge in [-0.05, 0) is 19.3 Å². The normalized spacial score (nSPS) is 22.8. The van der Waals surface area contributed by atoms with E-state index in [0.29, 0.717) is 43.8 Å². The number of aliphatic hydroxyl groups is 1. The molecule has 26 heavy (non-hydrogen) atoms. The standard InChI is InChI=1S/C17H27N6O3/c1-11(2)6-8-21-15(25)13-14(20(4)17(21)26)18-16-22(13)10-12(3)19-23(16)7-5-9-24/h11,13,24H,5-10H2,1-4H3/q+1.